The topological polar surface area (TPSA) is 127 Å². The number of non-ortho nitro benzene ring substituents is 1. The molecule has 0 fully saturated rings. The van der Waals surface area contributed by atoms with Gasteiger partial charge in [-0.25, -0.2) is 9.78 Å². The second kappa shape index (κ2) is 7.23. The predicted molar refractivity (Wildman–Crippen MR) is 99.9 cm³/mol. The van der Waals surface area contributed by atoms with Gasteiger partial charge in [-0.05, 0) is 18.7 Å². The van der Waals surface area contributed by atoms with Gasteiger partial charge in [0.25, 0.3) is 11.2 Å². The molecule has 140 valence electrons. The van der Waals surface area contributed by atoms with Gasteiger partial charge in [0.2, 0.25) is 0 Å². The van der Waals surface area contributed by atoms with Gasteiger partial charge in [0.05, 0.1) is 29.1 Å². The van der Waals surface area contributed by atoms with Crippen molar-refractivity contribution in [2.45, 2.75) is 18.0 Å². The quantitative estimate of drug-likeness (QED) is 0.269. The van der Waals surface area contributed by atoms with E-state index in [1.165, 1.54) is 43.1 Å². The molecule has 2 N–H and O–H groups in total. The van der Waals surface area contributed by atoms with Crippen molar-refractivity contribution in [3.05, 3.63) is 67.1 Å². The minimum atomic E-state index is -0.762. The maximum atomic E-state index is 12.7. The van der Waals surface area contributed by atoms with Crippen molar-refractivity contribution in [1.82, 2.24) is 9.97 Å². The third-order valence-electron chi connectivity index (χ3n) is 4.26. The number of anilines is 1. The van der Waals surface area contributed by atoms with E-state index in [2.05, 4.69) is 15.3 Å². The minimum absolute atomic E-state index is 0.0852. The molecule has 0 spiro atoms. The Morgan fingerprint density at radius 2 is 2.00 bits per heavy atom. The summed E-state index contributed by atoms with van der Waals surface area (Å²) < 4.78 is 4.89. The van der Waals surface area contributed by atoms with E-state index in [1.54, 1.807) is 13.2 Å². The molecule has 0 amide bonds. The number of rotatable bonds is 4. The molecule has 0 radical (unpaired) electrons. The van der Waals surface area contributed by atoms with Crippen molar-refractivity contribution in [3.63, 3.8) is 0 Å². The number of hydrogen-bond acceptors (Lipinski definition) is 8. The number of nitrogens with one attached hydrogen (secondary N) is 2. The lowest BCUT2D eigenvalue weighted by atomic mass is 9.82. The number of allylic oxidation sites excluding steroid dienone is 1. The zero-order valence-corrected chi connectivity index (χ0v) is 15.5. The summed E-state index contributed by atoms with van der Waals surface area (Å²) in [6.07, 6.45) is 1.78. The lowest BCUT2D eigenvalue weighted by Gasteiger charge is -2.28. The first kappa shape index (κ1) is 18.6. The maximum Gasteiger partial charge on any atom is 0.336 e. The van der Waals surface area contributed by atoms with Crippen LogP contribution in [0.1, 0.15) is 24.0 Å². The van der Waals surface area contributed by atoms with Crippen LogP contribution in [0, 0.1) is 10.1 Å². The first-order valence-electron chi connectivity index (χ1n) is 7.86. The van der Waals surface area contributed by atoms with Crippen LogP contribution in [0.5, 0.6) is 0 Å². The highest BCUT2D eigenvalue weighted by atomic mass is 32.2. The highest BCUT2D eigenvalue weighted by Crippen LogP contribution is 2.40. The highest BCUT2D eigenvalue weighted by molar-refractivity contribution is 7.98. The van der Waals surface area contributed by atoms with Crippen LogP contribution in [-0.4, -0.2) is 34.2 Å². The number of nitro groups is 1. The summed E-state index contributed by atoms with van der Waals surface area (Å²) in [6.45, 7) is 1.69. The number of esters is 1. The van der Waals surface area contributed by atoms with E-state index in [1.807, 2.05) is 0 Å². The normalized spacial score (nSPS) is 15.7. The molecular weight excluding hydrogens is 372 g/mol. The van der Waals surface area contributed by atoms with E-state index in [-0.39, 0.29) is 16.8 Å². The molecular formula is C17H16N4O5S. The van der Waals surface area contributed by atoms with Gasteiger partial charge in [0.1, 0.15) is 5.82 Å². The van der Waals surface area contributed by atoms with E-state index in [0.29, 0.717) is 22.2 Å². The van der Waals surface area contributed by atoms with Crippen LogP contribution >= 0.6 is 11.8 Å². The fourth-order valence-electron chi connectivity index (χ4n) is 3.03. The fourth-order valence-corrected chi connectivity index (χ4v) is 3.41. The number of nitrogens with zero attached hydrogens (tertiary/aromatic N) is 2. The lowest BCUT2D eigenvalue weighted by molar-refractivity contribution is -0.384. The number of fused-ring (bicyclic) bond motifs is 1. The molecule has 0 aliphatic carbocycles. The summed E-state index contributed by atoms with van der Waals surface area (Å²) in [4.78, 5) is 42.6. The molecule has 0 saturated carbocycles. The number of carbonyl (C=O) groups excluding carboxylic acids is 1. The number of thioether (sulfide) groups is 1. The van der Waals surface area contributed by atoms with Crippen LogP contribution in [0.25, 0.3) is 0 Å². The first-order valence-corrected chi connectivity index (χ1v) is 9.08. The summed E-state index contributed by atoms with van der Waals surface area (Å²) in [5.74, 6) is -1.01. The fraction of sp³-hybridized carbons (Fsp3) is 0.235. The number of carbonyl (C=O) groups is 1. The predicted octanol–water partition coefficient (Wildman–Crippen LogP) is 2.40. The van der Waals surface area contributed by atoms with Crippen LogP contribution in [-0.2, 0) is 9.53 Å². The first-order chi connectivity index (χ1) is 12.9. The lowest BCUT2D eigenvalue weighted by Crippen LogP contribution is -2.30. The average Bonchev–Trinajstić information content (AvgIpc) is 2.66. The van der Waals surface area contributed by atoms with Crippen molar-refractivity contribution in [1.29, 1.82) is 0 Å². The van der Waals surface area contributed by atoms with Crippen LogP contribution in [0.4, 0.5) is 11.5 Å². The van der Waals surface area contributed by atoms with Gasteiger partial charge in [-0.3, -0.25) is 14.9 Å². The molecule has 1 aromatic carbocycles. The zero-order chi connectivity index (χ0) is 19.7. The number of nitro benzene ring substituents is 1. The zero-order valence-electron chi connectivity index (χ0n) is 14.7. The highest BCUT2D eigenvalue weighted by Gasteiger charge is 2.36. The van der Waals surface area contributed by atoms with E-state index in [4.69, 9.17) is 4.74 Å². The van der Waals surface area contributed by atoms with Crippen molar-refractivity contribution >= 4 is 29.2 Å². The minimum Gasteiger partial charge on any atom is -0.466 e. The molecule has 1 aliphatic rings. The monoisotopic (exact) mass is 388 g/mol. The van der Waals surface area contributed by atoms with Crippen molar-refractivity contribution in [2.75, 3.05) is 18.7 Å². The van der Waals surface area contributed by atoms with Gasteiger partial charge in [0, 0.05) is 17.8 Å². The van der Waals surface area contributed by atoms with Gasteiger partial charge in [-0.1, -0.05) is 23.9 Å². The summed E-state index contributed by atoms with van der Waals surface area (Å²) in [6, 6.07) is 5.71. The Morgan fingerprint density at radius 1 is 1.33 bits per heavy atom. The Kier molecular flexibility index (Phi) is 5.00. The molecule has 2 heterocycles. The molecule has 3 rings (SSSR count). The largest absolute Gasteiger partial charge is 0.466 e. The number of methoxy groups -OCH3 is 1. The number of ether oxygens (including phenoxy) is 1. The Morgan fingerprint density at radius 3 is 2.56 bits per heavy atom. The van der Waals surface area contributed by atoms with Crippen LogP contribution in [0.2, 0.25) is 0 Å². The van der Waals surface area contributed by atoms with Crippen molar-refractivity contribution in [2.24, 2.45) is 0 Å². The van der Waals surface area contributed by atoms with E-state index in [9.17, 15) is 19.7 Å². The van der Waals surface area contributed by atoms with Crippen LogP contribution in [0.15, 0.2) is 45.5 Å². The van der Waals surface area contributed by atoms with Gasteiger partial charge < -0.3 is 15.0 Å². The Hall–Kier alpha value is -3.14. The molecule has 1 unspecified atom stereocenters. The third-order valence-corrected chi connectivity index (χ3v) is 4.84. The SMILES string of the molecule is COC(=O)C1=C(C)Nc2nc(SC)[nH]c(=O)c2C1c1ccc([N+](=O)[O-])cc1. The summed E-state index contributed by atoms with van der Waals surface area (Å²) in [5, 5.41) is 14.4. The smallest absolute Gasteiger partial charge is 0.336 e. The van der Waals surface area contributed by atoms with Crippen molar-refractivity contribution in [3.8, 4) is 0 Å². The molecule has 27 heavy (non-hydrogen) atoms. The standard InChI is InChI=1S/C17H16N4O5S/c1-8-11(16(23)26-2)12(9-4-6-10(7-5-9)21(24)25)13-14(18-8)19-17(27-3)20-15(13)22/h4-7,12H,1-3H3,(H2,18,19,20,22). The number of hydrogen-bond donors (Lipinski definition) is 2. The number of H-pyrrole nitrogens is 1. The molecule has 0 saturated heterocycles. The Balaban J connectivity index is 2.25. The number of benzene rings is 1. The second-order valence-corrected chi connectivity index (χ2v) is 6.57. The van der Waals surface area contributed by atoms with Gasteiger partial charge in [-0.2, -0.15) is 0 Å². The van der Waals surface area contributed by atoms with E-state index in [0.717, 1.165) is 0 Å². The third kappa shape index (κ3) is 3.31. The maximum absolute atomic E-state index is 12.7. The molecule has 1 aromatic heterocycles. The molecule has 10 heteroatoms. The van der Waals surface area contributed by atoms with Crippen LogP contribution in [0.3, 0.4) is 0 Å². The molecule has 9 nitrogen and oxygen atoms in total. The van der Waals surface area contributed by atoms with Gasteiger partial charge >= 0.3 is 5.97 Å². The van der Waals surface area contributed by atoms with Crippen LogP contribution < -0.4 is 10.9 Å². The molecule has 1 aliphatic heterocycles. The van der Waals surface area contributed by atoms with Gasteiger partial charge in [-0.15, -0.1) is 0 Å². The summed E-state index contributed by atoms with van der Waals surface area (Å²) in [7, 11) is 1.25. The van der Waals surface area contributed by atoms with E-state index < -0.39 is 22.4 Å². The Labute approximate surface area is 158 Å². The molecule has 0 bridgehead atoms. The summed E-state index contributed by atoms with van der Waals surface area (Å²) in [5.41, 5.74) is 1.08. The average molecular weight is 388 g/mol. The number of aromatic nitrogens is 2. The van der Waals surface area contributed by atoms with E-state index >= 15 is 0 Å². The molecule has 2 aromatic rings. The number of aromatic amines is 1. The Bertz CT molecular complexity index is 1010. The second-order valence-electron chi connectivity index (χ2n) is 5.77. The van der Waals surface area contributed by atoms with Crippen molar-refractivity contribution < 1.29 is 14.5 Å². The summed E-state index contributed by atoms with van der Waals surface area (Å²) >= 11 is 1.28. The van der Waals surface area contributed by atoms with Gasteiger partial charge in [0.15, 0.2) is 5.16 Å². The molecule has 1 atom stereocenters.